The lowest BCUT2D eigenvalue weighted by atomic mass is 10.1. The van der Waals surface area contributed by atoms with Gasteiger partial charge in [0.15, 0.2) is 0 Å². The lowest BCUT2D eigenvalue weighted by Gasteiger charge is -2.12. The number of benzene rings is 1. The third kappa shape index (κ3) is 3.32. The Labute approximate surface area is 111 Å². The van der Waals surface area contributed by atoms with Crippen molar-refractivity contribution in [2.75, 3.05) is 23.8 Å². The van der Waals surface area contributed by atoms with Crippen molar-refractivity contribution < 1.29 is 9.53 Å². The number of nitrogens with two attached hydrogens (primary N) is 1. The van der Waals surface area contributed by atoms with E-state index in [0.29, 0.717) is 23.6 Å². The fourth-order valence-corrected chi connectivity index (χ4v) is 3.07. The van der Waals surface area contributed by atoms with Crippen molar-refractivity contribution in [1.29, 1.82) is 0 Å². The monoisotopic (exact) mass is 266 g/mol. The second kappa shape index (κ2) is 6.00. The normalized spacial score (nSPS) is 18.6. The van der Waals surface area contributed by atoms with Crippen LogP contribution in [0.1, 0.15) is 23.7 Å². The molecular weight excluding hydrogens is 248 g/mol. The summed E-state index contributed by atoms with van der Waals surface area (Å²) in [6, 6.07) is 5.42. The highest BCUT2D eigenvalue weighted by atomic mass is 32.2. The molecule has 0 radical (unpaired) electrons. The zero-order valence-corrected chi connectivity index (χ0v) is 11.3. The number of hydrogen-bond acceptors (Lipinski definition) is 4. The van der Waals surface area contributed by atoms with Crippen LogP contribution in [0.15, 0.2) is 18.2 Å². The Morgan fingerprint density at radius 3 is 3.06 bits per heavy atom. The number of carbonyl (C=O) groups is 1. The van der Waals surface area contributed by atoms with Gasteiger partial charge < -0.3 is 15.8 Å². The quantitative estimate of drug-likeness (QED) is 0.817. The first-order valence-corrected chi connectivity index (χ1v) is 7.26. The average molecular weight is 266 g/mol. The highest BCUT2D eigenvalue weighted by Crippen LogP contribution is 2.21. The summed E-state index contributed by atoms with van der Waals surface area (Å²) in [5, 5.41) is 3.02. The molecule has 0 bridgehead atoms. The van der Waals surface area contributed by atoms with E-state index in [1.165, 1.54) is 0 Å². The summed E-state index contributed by atoms with van der Waals surface area (Å²) >= 11 is 1.87. The van der Waals surface area contributed by atoms with Gasteiger partial charge in [-0.15, -0.1) is 0 Å². The van der Waals surface area contributed by atoms with Crippen LogP contribution in [0.3, 0.4) is 0 Å². The van der Waals surface area contributed by atoms with Crippen molar-refractivity contribution in [3.8, 4) is 5.75 Å². The Balaban J connectivity index is 2.08. The predicted octanol–water partition coefficient (Wildman–Crippen LogP) is 1.90. The SMILES string of the molecule is CCOc1cc(N)cc(C(=O)NC2CCSC2)c1. The zero-order chi connectivity index (χ0) is 13.0. The Bertz CT molecular complexity index is 431. The van der Waals surface area contributed by atoms with E-state index in [0.717, 1.165) is 17.9 Å². The standard InChI is InChI=1S/C13H18N2O2S/c1-2-17-12-6-9(5-10(14)7-12)13(16)15-11-3-4-18-8-11/h5-7,11H,2-4,8,14H2,1H3,(H,15,16). The van der Waals surface area contributed by atoms with Gasteiger partial charge in [0, 0.05) is 29.1 Å². The van der Waals surface area contributed by atoms with Gasteiger partial charge in [-0.05, 0) is 31.2 Å². The van der Waals surface area contributed by atoms with E-state index in [4.69, 9.17) is 10.5 Å². The van der Waals surface area contributed by atoms with Gasteiger partial charge in [-0.25, -0.2) is 0 Å². The van der Waals surface area contributed by atoms with E-state index < -0.39 is 0 Å². The fourth-order valence-electron chi connectivity index (χ4n) is 1.92. The minimum atomic E-state index is -0.0734. The van der Waals surface area contributed by atoms with Crippen molar-refractivity contribution in [3.05, 3.63) is 23.8 Å². The maximum absolute atomic E-state index is 12.1. The lowest BCUT2D eigenvalue weighted by molar-refractivity contribution is 0.0940. The number of hydrogen-bond donors (Lipinski definition) is 2. The van der Waals surface area contributed by atoms with Crippen molar-refractivity contribution in [3.63, 3.8) is 0 Å². The van der Waals surface area contributed by atoms with E-state index >= 15 is 0 Å². The minimum Gasteiger partial charge on any atom is -0.494 e. The Kier molecular flexibility index (Phi) is 4.36. The van der Waals surface area contributed by atoms with Crippen molar-refractivity contribution in [2.45, 2.75) is 19.4 Å². The molecule has 1 aliphatic heterocycles. The molecule has 1 aromatic carbocycles. The molecule has 0 saturated carbocycles. The average Bonchev–Trinajstić information content (AvgIpc) is 2.81. The first kappa shape index (κ1) is 13.1. The molecule has 1 heterocycles. The van der Waals surface area contributed by atoms with E-state index in [9.17, 15) is 4.79 Å². The van der Waals surface area contributed by atoms with Crippen LogP contribution in [-0.2, 0) is 0 Å². The van der Waals surface area contributed by atoms with Crippen molar-refractivity contribution in [2.24, 2.45) is 0 Å². The molecule has 5 heteroatoms. The molecule has 18 heavy (non-hydrogen) atoms. The predicted molar refractivity (Wildman–Crippen MR) is 75.2 cm³/mol. The van der Waals surface area contributed by atoms with Gasteiger partial charge in [-0.3, -0.25) is 4.79 Å². The molecule has 3 N–H and O–H groups in total. The second-order valence-corrected chi connectivity index (χ2v) is 5.41. The maximum Gasteiger partial charge on any atom is 0.251 e. The number of amides is 1. The largest absolute Gasteiger partial charge is 0.494 e. The van der Waals surface area contributed by atoms with Gasteiger partial charge in [0.25, 0.3) is 5.91 Å². The third-order valence-corrected chi connectivity index (χ3v) is 3.93. The van der Waals surface area contributed by atoms with E-state index in [2.05, 4.69) is 5.32 Å². The zero-order valence-electron chi connectivity index (χ0n) is 10.4. The molecule has 1 unspecified atom stereocenters. The summed E-state index contributed by atoms with van der Waals surface area (Å²) < 4.78 is 5.38. The molecule has 2 rings (SSSR count). The van der Waals surface area contributed by atoms with Crippen LogP contribution in [0, 0.1) is 0 Å². The number of nitrogens with one attached hydrogen (secondary N) is 1. The van der Waals surface area contributed by atoms with Gasteiger partial charge in [0.2, 0.25) is 0 Å². The van der Waals surface area contributed by atoms with Crippen molar-refractivity contribution in [1.82, 2.24) is 5.32 Å². The van der Waals surface area contributed by atoms with Crippen LogP contribution in [0.5, 0.6) is 5.75 Å². The number of ether oxygens (including phenoxy) is 1. The second-order valence-electron chi connectivity index (χ2n) is 4.26. The molecule has 1 fully saturated rings. The van der Waals surface area contributed by atoms with Gasteiger partial charge in [-0.2, -0.15) is 11.8 Å². The molecular formula is C13H18N2O2S. The molecule has 98 valence electrons. The van der Waals surface area contributed by atoms with Gasteiger partial charge >= 0.3 is 0 Å². The van der Waals surface area contributed by atoms with Crippen LogP contribution in [0.25, 0.3) is 0 Å². The summed E-state index contributed by atoms with van der Waals surface area (Å²) in [6.45, 7) is 2.46. The number of nitrogen functional groups attached to an aromatic ring is 1. The van der Waals surface area contributed by atoms with E-state index in [1.54, 1.807) is 18.2 Å². The van der Waals surface area contributed by atoms with Gasteiger partial charge in [0.1, 0.15) is 5.75 Å². The first-order valence-electron chi connectivity index (χ1n) is 6.11. The number of carbonyl (C=O) groups excluding carboxylic acids is 1. The van der Waals surface area contributed by atoms with E-state index in [-0.39, 0.29) is 11.9 Å². The fraction of sp³-hybridized carbons (Fsp3) is 0.462. The van der Waals surface area contributed by atoms with E-state index in [1.807, 2.05) is 18.7 Å². The molecule has 1 atom stereocenters. The smallest absolute Gasteiger partial charge is 0.251 e. The molecule has 1 aliphatic rings. The first-order chi connectivity index (χ1) is 8.69. The van der Waals surface area contributed by atoms with Gasteiger partial charge in [0.05, 0.1) is 6.61 Å². The highest BCUT2D eigenvalue weighted by Gasteiger charge is 2.18. The van der Waals surface area contributed by atoms with Crippen LogP contribution in [0.4, 0.5) is 5.69 Å². The van der Waals surface area contributed by atoms with Gasteiger partial charge in [-0.1, -0.05) is 0 Å². The van der Waals surface area contributed by atoms with Crippen molar-refractivity contribution >= 4 is 23.4 Å². The summed E-state index contributed by atoms with van der Waals surface area (Å²) in [4.78, 5) is 12.1. The van der Waals surface area contributed by atoms with Crippen LogP contribution < -0.4 is 15.8 Å². The number of thioether (sulfide) groups is 1. The Morgan fingerprint density at radius 2 is 2.39 bits per heavy atom. The highest BCUT2D eigenvalue weighted by molar-refractivity contribution is 7.99. The topological polar surface area (TPSA) is 64.3 Å². The molecule has 0 spiro atoms. The molecule has 1 aromatic rings. The Morgan fingerprint density at radius 1 is 1.56 bits per heavy atom. The molecule has 1 amide bonds. The molecule has 1 saturated heterocycles. The number of anilines is 1. The van der Waals surface area contributed by atoms with Crippen LogP contribution in [-0.4, -0.2) is 30.1 Å². The molecule has 4 nitrogen and oxygen atoms in total. The number of rotatable bonds is 4. The Hall–Kier alpha value is -1.36. The summed E-state index contributed by atoms with van der Waals surface area (Å²) in [5.41, 5.74) is 6.88. The molecule has 0 aromatic heterocycles. The maximum atomic E-state index is 12.1. The van der Waals surface area contributed by atoms with Crippen LogP contribution >= 0.6 is 11.8 Å². The summed E-state index contributed by atoms with van der Waals surface area (Å²) in [7, 11) is 0. The van der Waals surface area contributed by atoms with Crippen LogP contribution in [0.2, 0.25) is 0 Å². The lowest BCUT2D eigenvalue weighted by Crippen LogP contribution is -2.34. The molecule has 0 aliphatic carbocycles. The third-order valence-electron chi connectivity index (χ3n) is 2.77. The minimum absolute atomic E-state index is 0.0734. The summed E-state index contributed by atoms with van der Waals surface area (Å²) in [5.74, 6) is 2.68. The summed E-state index contributed by atoms with van der Waals surface area (Å²) in [6.07, 6.45) is 1.04.